The van der Waals surface area contributed by atoms with Crippen molar-refractivity contribution in [3.8, 4) is 0 Å². The van der Waals surface area contributed by atoms with Crippen LogP contribution in [0.5, 0.6) is 0 Å². The molecule has 26 heavy (non-hydrogen) atoms. The Kier molecular flexibility index (Phi) is 4.17. The zero-order valence-electron chi connectivity index (χ0n) is 15.0. The molecule has 3 aliphatic carbocycles. The quantitative estimate of drug-likeness (QED) is 0.644. The van der Waals surface area contributed by atoms with Gasteiger partial charge in [0.15, 0.2) is 0 Å². The molecule has 138 valence electrons. The lowest BCUT2D eigenvalue weighted by Gasteiger charge is -2.38. The smallest absolute Gasteiger partial charge is 0.249 e. The molecule has 0 aromatic carbocycles. The minimum atomic E-state index is -0.855. The molecule has 1 aromatic heterocycles. The summed E-state index contributed by atoms with van der Waals surface area (Å²) in [6, 6.07) is -0.855. The fourth-order valence-electron chi connectivity index (χ4n) is 4.32. The monoisotopic (exact) mass is 374 g/mol. The molecule has 0 spiro atoms. The van der Waals surface area contributed by atoms with Crippen LogP contribution in [-0.2, 0) is 14.4 Å². The minimum absolute atomic E-state index is 0.124. The number of hydrogen-bond acceptors (Lipinski definition) is 6. The highest BCUT2D eigenvalue weighted by atomic mass is 32.1. The molecule has 2 fully saturated rings. The molecule has 4 aliphatic rings. The maximum absolute atomic E-state index is 12.9. The lowest BCUT2D eigenvalue weighted by atomic mass is 9.63. The Morgan fingerprint density at radius 2 is 1.69 bits per heavy atom. The van der Waals surface area contributed by atoms with Crippen molar-refractivity contribution in [2.45, 2.75) is 45.6 Å². The zero-order valence-corrected chi connectivity index (χ0v) is 15.8. The fraction of sp³-hybridized carbons (Fsp3) is 0.611. The molecular weight excluding hydrogens is 352 g/mol. The topological polar surface area (TPSA) is 92.3 Å². The first-order valence-corrected chi connectivity index (χ1v) is 9.89. The first-order valence-electron chi connectivity index (χ1n) is 9.08. The van der Waals surface area contributed by atoms with E-state index in [1.54, 1.807) is 6.92 Å². The molecule has 7 nitrogen and oxygen atoms in total. The molecule has 1 saturated heterocycles. The molecule has 2 heterocycles. The molecule has 1 aromatic rings. The molecule has 1 saturated carbocycles. The van der Waals surface area contributed by atoms with Gasteiger partial charge in [-0.1, -0.05) is 37.3 Å². The second-order valence-electron chi connectivity index (χ2n) is 7.65. The third-order valence-corrected chi connectivity index (χ3v) is 6.86. The van der Waals surface area contributed by atoms with E-state index in [-0.39, 0.29) is 41.4 Å². The van der Waals surface area contributed by atoms with Crippen LogP contribution in [0.25, 0.3) is 0 Å². The number of carbonyl (C=O) groups is 3. The van der Waals surface area contributed by atoms with Crippen molar-refractivity contribution >= 4 is 34.2 Å². The van der Waals surface area contributed by atoms with Gasteiger partial charge in [0.05, 0.1) is 11.8 Å². The van der Waals surface area contributed by atoms with Crippen molar-refractivity contribution in [3.63, 3.8) is 0 Å². The van der Waals surface area contributed by atoms with Crippen molar-refractivity contribution in [2.24, 2.45) is 23.7 Å². The van der Waals surface area contributed by atoms with Crippen LogP contribution in [0.1, 0.15) is 44.5 Å². The molecule has 8 heteroatoms. The number of rotatable bonds is 4. The number of nitrogens with one attached hydrogen (secondary N) is 1. The highest BCUT2D eigenvalue weighted by molar-refractivity contribution is 7.15. The molecule has 5 atom stereocenters. The predicted molar refractivity (Wildman–Crippen MR) is 96.3 cm³/mol. The van der Waals surface area contributed by atoms with E-state index in [0.717, 1.165) is 17.8 Å². The van der Waals surface area contributed by atoms with Crippen LogP contribution in [0.15, 0.2) is 12.2 Å². The average Bonchev–Trinajstić information content (AvgIpc) is 3.20. The number of imide groups is 1. The lowest BCUT2D eigenvalue weighted by Crippen LogP contribution is -2.46. The highest BCUT2D eigenvalue weighted by Gasteiger charge is 2.58. The summed E-state index contributed by atoms with van der Waals surface area (Å²) in [5.74, 6) is -0.938. The Morgan fingerprint density at radius 1 is 1.12 bits per heavy atom. The summed E-state index contributed by atoms with van der Waals surface area (Å²) in [6.45, 7) is 5.60. The van der Waals surface area contributed by atoms with E-state index in [1.807, 2.05) is 13.8 Å². The number of aromatic nitrogens is 2. The van der Waals surface area contributed by atoms with E-state index in [2.05, 4.69) is 27.7 Å². The number of carbonyl (C=O) groups excluding carboxylic acids is 3. The van der Waals surface area contributed by atoms with Crippen molar-refractivity contribution < 1.29 is 14.4 Å². The molecule has 0 radical (unpaired) electrons. The van der Waals surface area contributed by atoms with Gasteiger partial charge < -0.3 is 0 Å². The number of nitrogens with zero attached hydrogens (tertiary/aromatic N) is 3. The van der Waals surface area contributed by atoms with Crippen LogP contribution in [0.3, 0.4) is 0 Å². The zero-order chi connectivity index (χ0) is 18.6. The van der Waals surface area contributed by atoms with Crippen LogP contribution in [-0.4, -0.2) is 38.9 Å². The van der Waals surface area contributed by atoms with Gasteiger partial charge in [-0.25, -0.2) is 0 Å². The Hall–Kier alpha value is -2.09. The van der Waals surface area contributed by atoms with Crippen LogP contribution < -0.4 is 5.32 Å². The molecule has 1 aliphatic heterocycles. The number of fused-ring (bicyclic) bond motifs is 1. The first kappa shape index (κ1) is 17.3. The maximum atomic E-state index is 12.9. The summed E-state index contributed by atoms with van der Waals surface area (Å²) in [6.07, 6.45) is 6.03. The summed E-state index contributed by atoms with van der Waals surface area (Å²) >= 11 is 1.31. The maximum Gasteiger partial charge on any atom is 0.249 e. The highest BCUT2D eigenvalue weighted by Crippen LogP contribution is 2.49. The number of anilines is 1. The van der Waals surface area contributed by atoms with Gasteiger partial charge in [0.1, 0.15) is 11.0 Å². The fourth-order valence-corrected chi connectivity index (χ4v) is 5.07. The van der Waals surface area contributed by atoms with E-state index in [0.29, 0.717) is 5.13 Å². The number of likely N-dealkylation sites (tertiary alicyclic amines) is 1. The van der Waals surface area contributed by atoms with Crippen molar-refractivity contribution in [1.29, 1.82) is 0 Å². The predicted octanol–water partition coefficient (Wildman–Crippen LogP) is 2.19. The van der Waals surface area contributed by atoms with E-state index in [4.69, 9.17) is 0 Å². The standard InChI is InChI=1S/C18H22N4O3S/c1-8(2)15-20-21-18(26-15)19-14(23)9(3)22-16(24)12-10-4-5-11(7-6-10)13(12)17(22)25/h4-5,8-13H,6-7H2,1-3H3,(H,19,21,23)/t9-,10-,11-,12+,13+/m0/s1. The van der Waals surface area contributed by atoms with Crippen molar-refractivity contribution in [1.82, 2.24) is 15.1 Å². The third-order valence-electron chi connectivity index (χ3n) is 5.72. The van der Waals surface area contributed by atoms with Crippen LogP contribution in [0.4, 0.5) is 5.13 Å². The van der Waals surface area contributed by atoms with Gasteiger partial charge in [-0.3, -0.25) is 24.6 Å². The van der Waals surface area contributed by atoms with Crippen LogP contribution in [0, 0.1) is 23.7 Å². The second-order valence-corrected chi connectivity index (χ2v) is 8.66. The molecule has 0 unspecified atom stereocenters. The van der Waals surface area contributed by atoms with E-state index in [1.165, 1.54) is 16.2 Å². The number of hydrogen-bond donors (Lipinski definition) is 1. The number of amides is 3. The molecule has 1 N–H and O–H groups in total. The van der Waals surface area contributed by atoms with Gasteiger partial charge >= 0.3 is 0 Å². The Labute approximate surface area is 155 Å². The van der Waals surface area contributed by atoms with Crippen molar-refractivity contribution in [3.05, 3.63) is 17.2 Å². The summed E-state index contributed by atoms with van der Waals surface area (Å²) in [4.78, 5) is 39.6. The Morgan fingerprint density at radius 3 is 2.15 bits per heavy atom. The van der Waals surface area contributed by atoms with Gasteiger partial charge in [0.2, 0.25) is 22.9 Å². The molecular formula is C18H22N4O3S. The van der Waals surface area contributed by atoms with Gasteiger partial charge in [-0.05, 0) is 31.6 Å². The van der Waals surface area contributed by atoms with Crippen LogP contribution in [0.2, 0.25) is 0 Å². The summed E-state index contributed by atoms with van der Waals surface area (Å²) in [7, 11) is 0. The van der Waals surface area contributed by atoms with Crippen molar-refractivity contribution in [2.75, 3.05) is 5.32 Å². The van der Waals surface area contributed by atoms with E-state index >= 15 is 0 Å². The average molecular weight is 374 g/mol. The summed E-state index contributed by atoms with van der Waals surface area (Å²) in [5.41, 5.74) is 0. The second kappa shape index (κ2) is 6.26. The van der Waals surface area contributed by atoms with Gasteiger partial charge in [0.25, 0.3) is 0 Å². The molecule has 2 bridgehead atoms. The van der Waals surface area contributed by atoms with Gasteiger partial charge in [0, 0.05) is 5.92 Å². The first-order chi connectivity index (χ1) is 12.4. The van der Waals surface area contributed by atoms with Crippen LogP contribution >= 0.6 is 11.3 Å². The summed E-state index contributed by atoms with van der Waals surface area (Å²) < 4.78 is 0. The van der Waals surface area contributed by atoms with Gasteiger partial charge in [-0.15, -0.1) is 10.2 Å². The normalized spacial score (nSPS) is 30.8. The number of allylic oxidation sites excluding steroid dienone is 2. The lowest BCUT2D eigenvalue weighted by molar-refractivity contribution is -0.146. The minimum Gasteiger partial charge on any atom is -0.299 e. The molecule has 3 amide bonds. The van der Waals surface area contributed by atoms with Gasteiger partial charge in [-0.2, -0.15) is 0 Å². The SMILES string of the molecule is CC(C)c1nnc(NC(=O)[C@H](C)N2C(=O)[C@H]3[C@H](C2=O)[C@H]2C=C[C@H]3CC2)s1. The Bertz CT molecular complexity index is 770. The molecule has 5 rings (SSSR count). The van der Waals surface area contributed by atoms with E-state index in [9.17, 15) is 14.4 Å². The largest absolute Gasteiger partial charge is 0.299 e. The van der Waals surface area contributed by atoms with E-state index < -0.39 is 11.9 Å². The third kappa shape index (κ3) is 2.58. The summed E-state index contributed by atoms with van der Waals surface area (Å²) in [5, 5.41) is 11.9. The Balaban J connectivity index is 1.50.